The van der Waals surface area contributed by atoms with E-state index in [1.54, 1.807) is 6.20 Å². The predicted octanol–water partition coefficient (Wildman–Crippen LogP) is 4.87. The lowest BCUT2D eigenvalue weighted by Gasteiger charge is -2.15. The molecular formula is C22H22ClN5. The molecule has 1 atom stereocenters. The van der Waals surface area contributed by atoms with Crippen LogP contribution in [0, 0.1) is 6.92 Å². The molecule has 1 N–H and O–H groups in total. The second kappa shape index (κ2) is 8.00. The maximum Gasteiger partial charge on any atom is 0.136 e. The Morgan fingerprint density at radius 3 is 2.61 bits per heavy atom. The molecule has 0 amide bonds. The molecule has 28 heavy (non-hydrogen) atoms. The van der Waals surface area contributed by atoms with Crippen LogP contribution in [0.2, 0.25) is 5.02 Å². The Kier molecular flexibility index (Phi) is 5.28. The number of nitrogens with one attached hydrogen (secondary N) is 1. The van der Waals surface area contributed by atoms with Crippen molar-refractivity contribution in [1.29, 1.82) is 0 Å². The van der Waals surface area contributed by atoms with Crippen LogP contribution in [0.4, 0.5) is 0 Å². The van der Waals surface area contributed by atoms with E-state index in [2.05, 4.69) is 52.0 Å². The van der Waals surface area contributed by atoms with Crippen LogP contribution in [0.5, 0.6) is 0 Å². The fourth-order valence-electron chi connectivity index (χ4n) is 3.34. The van der Waals surface area contributed by atoms with Gasteiger partial charge in [-0.15, -0.1) is 0 Å². The van der Waals surface area contributed by atoms with Gasteiger partial charge in [-0.2, -0.15) is 5.10 Å². The molecule has 0 spiro atoms. The SMILES string of the molecule is Cc1c(C(C)NCc2cccn2-c2ccc(Cl)cn2)cnn1-c1ccccc1. The number of hydrogen-bond acceptors (Lipinski definition) is 3. The maximum absolute atomic E-state index is 5.95. The number of aromatic nitrogens is 4. The van der Waals surface area contributed by atoms with Gasteiger partial charge in [0, 0.05) is 41.9 Å². The van der Waals surface area contributed by atoms with Crippen LogP contribution in [0.15, 0.2) is 73.2 Å². The topological polar surface area (TPSA) is 47.7 Å². The number of para-hydroxylation sites is 1. The average molecular weight is 392 g/mol. The van der Waals surface area contributed by atoms with Gasteiger partial charge in [0.05, 0.1) is 16.9 Å². The summed E-state index contributed by atoms with van der Waals surface area (Å²) in [6.45, 7) is 4.98. The normalized spacial score (nSPS) is 12.2. The van der Waals surface area contributed by atoms with Gasteiger partial charge < -0.3 is 9.88 Å². The van der Waals surface area contributed by atoms with Crippen molar-refractivity contribution in [2.45, 2.75) is 26.4 Å². The molecule has 0 radical (unpaired) electrons. The molecule has 0 saturated carbocycles. The highest BCUT2D eigenvalue weighted by Crippen LogP contribution is 2.21. The van der Waals surface area contributed by atoms with Crippen LogP contribution < -0.4 is 5.32 Å². The minimum absolute atomic E-state index is 0.166. The molecule has 0 aliphatic heterocycles. The first-order valence-electron chi connectivity index (χ1n) is 9.25. The van der Waals surface area contributed by atoms with E-state index in [9.17, 15) is 0 Å². The third-order valence-electron chi connectivity index (χ3n) is 4.90. The first-order valence-corrected chi connectivity index (χ1v) is 9.63. The van der Waals surface area contributed by atoms with Crippen molar-refractivity contribution in [1.82, 2.24) is 24.6 Å². The van der Waals surface area contributed by atoms with E-state index in [1.165, 1.54) is 5.56 Å². The predicted molar refractivity (Wildman–Crippen MR) is 112 cm³/mol. The summed E-state index contributed by atoms with van der Waals surface area (Å²) in [6.07, 6.45) is 5.62. The zero-order valence-electron chi connectivity index (χ0n) is 15.9. The molecule has 0 aliphatic rings. The smallest absolute Gasteiger partial charge is 0.136 e. The van der Waals surface area contributed by atoms with Gasteiger partial charge in [0.15, 0.2) is 0 Å². The number of nitrogens with zero attached hydrogens (tertiary/aromatic N) is 4. The van der Waals surface area contributed by atoms with Gasteiger partial charge in [-0.1, -0.05) is 29.8 Å². The average Bonchev–Trinajstić information content (AvgIpc) is 3.34. The molecule has 0 bridgehead atoms. The van der Waals surface area contributed by atoms with Crippen LogP contribution in [0.1, 0.15) is 29.9 Å². The zero-order valence-corrected chi connectivity index (χ0v) is 16.6. The van der Waals surface area contributed by atoms with Crippen molar-refractivity contribution in [3.8, 4) is 11.5 Å². The minimum Gasteiger partial charge on any atom is -0.305 e. The van der Waals surface area contributed by atoms with Crippen molar-refractivity contribution in [3.63, 3.8) is 0 Å². The molecule has 5 nitrogen and oxygen atoms in total. The summed E-state index contributed by atoms with van der Waals surface area (Å²) in [5.74, 6) is 0.854. The summed E-state index contributed by atoms with van der Waals surface area (Å²) in [6, 6.07) is 18.2. The van der Waals surface area contributed by atoms with Crippen LogP contribution in [0.3, 0.4) is 0 Å². The van der Waals surface area contributed by atoms with E-state index < -0.39 is 0 Å². The van der Waals surface area contributed by atoms with Gasteiger partial charge in [-0.25, -0.2) is 9.67 Å². The zero-order chi connectivity index (χ0) is 19.5. The Morgan fingerprint density at radius 2 is 1.86 bits per heavy atom. The number of rotatable bonds is 6. The second-order valence-electron chi connectivity index (χ2n) is 6.74. The molecular weight excluding hydrogens is 370 g/mol. The van der Waals surface area contributed by atoms with E-state index in [0.717, 1.165) is 22.9 Å². The fraction of sp³-hybridized carbons (Fsp3) is 0.182. The Morgan fingerprint density at radius 1 is 1.04 bits per heavy atom. The van der Waals surface area contributed by atoms with E-state index in [-0.39, 0.29) is 6.04 Å². The summed E-state index contributed by atoms with van der Waals surface area (Å²) in [7, 11) is 0. The molecule has 4 rings (SSSR count). The number of pyridine rings is 1. The lowest BCUT2D eigenvalue weighted by molar-refractivity contribution is 0.560. The molecule has 1 aromatic carbocycles. The van der Waals surface area contributed by atoms with E-state index in [1.807, 2.05) is 53.5 Å². The van der Waals surface area contributed by atoms with Crippen molar-refractivity contribution in [2.75, 3.05) is 0 Å². The van der Waals surface area contributed by atoms with Gasteiger partial charge in [0.1, 0.15) is 5.82 Å². The molecule has 0 aliphatic carbocycles. The van der Waals surface area contributed by atoms with Crippen LogP contribution in [-0.4, -0.2) is 19.3 Å². The molecule has 3 aromatic heterocycles. The Bertz CT molecular complexity index is 1050. The molecule has 142 valence electrons. The van der Waals surface area contributed by atoms with Gasteiger partial charge >= 0.3 is 0 Å². The largest absolute Gasteiger partial charge is 0.305 e. The molecule has 1 unspecified atom stereocenters. The van der Waals surface area contributed by atoms with Gasteiger partial charge in [-0.3, -0.25) is 0 Å². The highest BCUT2D eigenvalue weighted by molar-refractivity contribution is 6.30. The third kappa shape index (κ3) is 3.72. The van der Waals surface area contributed by atoms with Gasteiger partial charge in [0.2, 0.25) is 0 Å². The van der Waals surface area contributed by atoms with Crippen LogP contribution >= 0.6 is 11.6 Å². The molecule has 6 heteroatoms. The fourth-order valence-corrected chi connectivity index (χ4v) is 3.45. The summed E-state index contributed by atoms with van der Waals surface area (Å²) >= 11 is 5.95. The highest BCUT2D eigenvalue weighted by Gasteiger charge is 2.15. The Hall–Kier alpha value is -2.89. The van der Waals surface area contributed by atoms with Gasteiger partial charge in [-0.05, 0) is 50.2 Å². The molecule has 3 heterocycles. The summed E-state index contributed by atoms with van der Waals surface area (Å²) in [5, 5.41) is 8.81. The molecule has 0 fully saturated rings. The van der Waals surface area contributed by atoms with Crippen molar-refractivity contribution in [3.05, 3.63) is 95.2 Å². The number of hydrogen-bond donors (Lipinski definition) is 1. The molecule has 4 aromatic rings. The maximum atomic E-state index is 5.95. The first kappa shape index (κ1) is 18.5. The van der Waals surface area contributed by atoms with Crippen molar-refractivity contribution in [2.24, 2.45) is 0 Å². The summed E-state index contributed by atoms with van der Waals surface area (Å²) in [5.41, 5.74) is 4.53. The highest BCUT2D eigenvalue weighted by atomic mass is 35.5. The monoisotopic (exact) mass is 391 g/mol. The van der Waals surface area contributed by atoms with E-state index in [4.69, 9.17) is 11.6 Å². The number of benzene rings is 1. The molecule has 0 saturated heterocycles. The first-order chi connectivity index (χ1) is 13.6. The van der Waals surface area contributed by atoms with E-state index in [0.29, 0.717) is 11.6 Å². The lowest BCUT2D eigenvalue weighted by Crippen LogP contribution is -2.20. The van der Waals surface area contributed by atoms with Crippen LogP contribution in [-0.2, 0) is 6.54 Å². The minimum atomic E-state index is 0.166. The quantitative estimate of drug-likeness (QED) is 0.510. The van der Waals surface area contributed by atoms with Crippen molar-refractivity contribution < 1.29 is 0 Å². The number of halogens is 1. The van der Waals surface area contributed by atoms with Gasteiger partial charge in [0.25, 0.3) is 0 Å². The Labute approximate surface area is 169 Å². The van der Waals surface area contributed by atoms with Crippen LogP contribution in [0.25, 0.3) is 11.5 Å². The van der Waals surface area contributed by atoms with Crippen molar-refractivity contribution >= 4 is 11.6 Å². The standard InChI is InChI=1S/C22H22ClN5/c1-16(21-15-26-28(17(21)2)19-7-4-3-5-8-19)24-14-20-9-6-12-27(20)22-11-10-18(23)13-25-22/h3-13,15-16,24H,14H2,1-2H3. The summed E-state index contributed by atoms with van der Waals surface area (Å²) in [4.78, 5) is 4.41. The summed E-state index contributed by atoms with van der Waals surface area (Å²) < 4.78 is 4.05. The third-order valence-corrected chi connectivity index (χ3v) is 5.12. The second-order valence-corrected chi connectivity index (χ2v) is 7.18. The lowest BCUT2D eigenvalue weighted by atomic mass is 10.1. The van der Waals surface area contributed by atoms with E-state index >= 15 is 0 Å². The Balaban J connectivity index is 1.49.